The Bertz CT molecular complexity index is 568. The van der Waals surface area contributed by atoms with E-state index in [4.69, 9.17) is 32.8 Å². The Morgan fingerprint density at radius 3 is 1.91 bits per heavy atom. The van der Waals surface area contributed by atoms with E-state index in [2.05, 4.69) is 0 Å². The van der Waals surface area contributed by atoms with Crippen LogP contribution in [0.5, 0.6) is 5.75 Å². The lowest BCUT2D eigenvalue weighted by atomic mass is 10.2. The van der Waals surface area contributed by atoms with Crippen LogP contribution in [0.3, 0.4) is 0 Å². The number of nitrogen functional groups attached to an aromatic ring is 3. The number of hydrogen-bond acceptors (Lipinski definition) is 6. The number of rotatable bonds is 3. The van der Waals surface area contributed by atoms with E-state index in [1.165, 1.54) is 0 Å². The fourth-order valence-electron chi connectivity index (χ4n) is 1.45. The predicted octanol–water partition coefficient (Wildman–Crippen LogP) is 1.93. The molecule has 0 aliphatic carbocycles. The van der Waals surface area contributed by atoms with Crippen LogP contribution in [0.2, 0.25) is 0 Å². The molecule has 8 heteroatoms. The monoisotopic (exact) mass is 362 g/mol. The Balaban J connectivity index is 0. The molecule has 2 rings (SSSR count). The molecule has 0 radical (unpaired) electrons. The lowest BCUT2D eigenvalue weighted by molar-refractivity contribution is -0.00856. The topological polar surface area (TPSA) is 134 Å². The quantitative estimate of drug-likeness (QED) is 0.418. The van der Waals surface area contributed by atoms with Crippen LogP contribution in [0.25, 0.3) is 0 Å². The summed E-state index contributed by atoms with van der Waals surface area (Å²) in [5, 5.41) is 9.00. The molecule has 0 aliphatic rings. The second-order valence-electron chi connectivity index (χ2n) is 4.49. The fraction of sp³-hybridized carbons (Fsp3) is 0.200. The molecule has 1 atom stereocenters. The molecule has 0 aromatic heterocycles. The molecular weight excluding hydrogens is 339 g/mol. The average Bonchev–Trinajstić information content (AvgIpc) is 2.46. The molecule has 2 aromatic rings. The van der Waals surface area contributed by atoms with Crippen molar-refractivity contribution in [3.63, 3.8) is 0 Å². The van der Waals surface area contributed by atoms with Gasteiger partial charge in [-0.15, -0.1) is 24.8 Å². The summed E-state index contributed by atoms with van der Waals surface area (Å²) in [4.78, 5) is 0. The number of aliphatic hydroxyl groups is 1. The number of ether oxygens (including phenoxy) is 1. The molecule has 0 fully saturated rings. The molecule has 23 heavy (non-hydrogen) atoms. The molecule has 2 aromatic carbocycles. The lowest BCUT2D eigenvalue weighted by Crippen LogP contribution is -2.25. The predicted molar refractivity (Wildman–Crippen MR) is 101 cm³/mol. The molecule has 9 N–H and O–H groups in total. The highest BCUT2D eigenvalue weighted by atomic mass is 35.5. The number of anilines is 3. The van der Waals surface area contributed by atoms with E-state index in [1.807, 2.05) is 19.1 Å². The normalized spacial score (nSPS) is 10.2. The minimum Gasteiger partial charge on any atom is -0.464 e. The lowest BCUT2D eigenvalue weighted by Gasteiger charge is -2.10. The molecule has 0 bridgehead atoms. The minimum absolute atomic E-state index is 0. The van der Waals surface area contributed by atoms with E-state index < -0.39 is 6.29 Å². The maximum Gasteiger partial charge on any atom is 0.209 e. The molecule has 6 nitrogen and oxygen atoms in total. The smallest absolute Gasteiger partial charge is 0.209 e. The van der Waals surface area contributed by atoms with Gasteiger partial charge < -0.3 is 32.8 Å². The highest BCUT2D eigenvalue weighted by Gasteiger charge is 2.01. The molecule has 0 saturated carbocycles. The van der Waals surface area contributed by atoms with Crippen LogP contribution in [-0.4, -0.2) is 17.9 Å². The van der Waals surface area contributed by atoms with E-state index in [9.17, 15) is 0 Å². The van der Waals surface area contributed by atoms with E-state index >= 15 is 0 Å². The Morgan fingerprint density at radius 1 is 0.957 bits per heavy atom. The largest absolute Gasteiger partial charge is 0.464 e. The summed E-state index contributed by atoms with van der Waals surface area (Å²) >= 11 is 0. The minimum atomic E-state index is -0.950. The molecule has 0 spiro atoms. The third-order valence-electron chi connectivity index (χ3n) is 2.65. The summed E-state index contributed by atoms with van der Waals surface area (Å²) in [5.41, 5.74) is 24.9. The number of hydrogen-bond donors (Lipinski definition) is 5. The van der Waals surface area contributed by atoms with Crippen molar-refractivity contribution in [1.82, 2.24) is 0 Å². The van der Waals surface area contributed by atoms with Crippen LogP contribution in [0, 0.1) is 6.92 Å². The van der Waals surface area contributed by atoms with Gasteiger partial charge in [0.15, 0.2) is 0 Å². The second kappa shape index (κ2) is 11.7. The first-order valence-electron chi connectivity index (χ1n) is 6.44. The summed E-state index contributed by atoms with van der Waals surface area (Å²) in [6.45, 7) is 2.01. The Labute approximate surface area is 148 Å². The van der Waals surface area contributed by atoms with E-state index in [-0.39, 0.29) is 31.4 Å². The molecule has 0 heterocycles. The summed E-state index contributed by atoms with van der Waals surface area (Å²) < 4.78 is 4.99. The van der Waals surface area contributed by atoms with E-state index in [0.717, 1.165) is 16.9 Å². The molecule has 130 valence electrons. The van der Waals surface area contributed by atoms with E-state index in [0.29, 0.717) is 11.4 Å². The number of aryl methyl sites for hydroxylation is 1. The average molecular weight is 363 g/mol. The van der Waals surface area contributed by atoms with Gasteiger partial charge in [-0.3, -0.25) is 0 Å². The number of nitrogens with two attached hydrogens (primary N) is 4. The van der Waals surface area contributed by atoms with Crippen molar-refractivity contribution in [2.75, 3.05) is 23.7 Å². The Morgan fingerprint density at radius 2 is 1.48 bits per heavy atom. The van der Waals surface area contributed by atoms with Crippen molar-refractivity contribution in [2.45, 2.75) is 13.2 Å². The first kappa shape index (κ1) is 23.4. The van der Waals surface area contributed by atoms with Gasteiger partial charge in [0.25, 0.3) is 0 Å². The van der Waals surface area contributed by atoms with Crippen LogP contribution >= 0.6 is 24.8 Å². The zero-order valence-electron chi connectivity index (χ0n) is 12.8. The number of benzene rings is 2. The highest BCUT2D eigenvalue weighted by Crippen LogP contribution is 2.14. The first-order valence-corrected chi connectivity index (χ1v) is 6.44. The van der Waals surface area contributed by atoms with Crippen molar-refractivity contribution in [3.8, 4) is 5.75 Å². The van der Waals surface area contributed by atoms with Gasteiger partial charge in [-0.25, -0.2) is 0 Å². The van der Waals surface area contributed by atoms with Gasteiger partial charge in [-0.05, 0) is 55.0 Å². The molecular formula is C15H24Cl2N4O2. The maximum atomic E-state index is 9.00. The summed E-state index contributed by atoms with van der Waals surface area (Å²) in [7, 11) is 0. The number of aliphatic hydroxyl groups excluding tert-OH is 1. The summed E-state index contributed by atoms with van der Waals surface area (Å²) in [5.74, 6) is 0.558. The maximum absolute atomic E-state index is 9.00. The third-order valence-corrected chi connectivity index (χ3v) is 2.65. The van der Waals surface area contributed by atoms with Crippen LogP contribution in [-0.2, 0) is 0 Å². The SMILES string of the molecule is Cc1cc(N)ccc1N.Cl.Cl.NCC(O)Oc1ccc(N)cc1. The van der Waals surface area contributed by atoms with Gasteiger partial charge in [0, 0.05) is 17.1 Å². The van der Waals surface area contributed by atoms with Gasteiger partial charge in [0.2, 0.25) is 6.29 Å². The van der Waals surface area contributed by atoms with Gasteiger partial charge in [-0.1, -0.05) is 0 Å². The van der Waals surface area contributed by atoms with E-state index in [1.54, 1.807) is 30.3 Å². The van der Waals surface area contributed by atoms with Crippen molar-refractivity contribution in [3.05, 3.63) is 48.0 Å². The van der Waals surface area contributed by atoms with Gasteiger partial charge in [0.1, 0.15) is 5.75 Å². The Kier molecular flexibility index (Phi) is 11.9. The van der Waals surface area contributed by atoms with Crippen LogP contribution in [0.1, 0.15) is 5.56 Å². The number of halogens is 2. The van der Waals surface area contributed by atoms with Crippen molar-refractivity contribution in [1.29, 1.82) is 0 Å². The van der Waals surface area contributed by atoms with Crippen LogP contribution in [0.15, 0.2) is 42.5 Å². The zero-order valence-corrected chi connectivity index (χ0v) is 14.4. The third kappa shape index (κ3) is 9.00. The van der Waals surface area contributed by atoms with Crippen molar-refractivity contribution in [2.24, 2.45) is 5.73 Å². The fourth-order valence-corrected chi connectivity index (χ4v) is 1.45. The standard InChI is InChI=1S/C8H12N2O2.C7H10N2.2ClH/c9-5-8(11)12-7-3-1-6(10)2-4-7;1-5-4-6(8)2-3-7(5)9;;/h1-4,8,11H,5,9-10H2;2-4H,8-9H2,1H3;2*1H. The molecule has 1 unspecified atom stereocenters. The van der Waals surface area contributed by atoms with Crippen molar-refractivity contribution < 1.29 is 9.84 Å². The zero-order chi connectivity index (χ0) is 15.8. The van der Waals surface area contributed by atoms with Crippen LogP contribution in [0.4, 0.5) is 17.1 Å². The molecule has 0 aliphatic heterocycles. The van der Waals surface area contributed by atoms with Crippen molar-refractivity contribution >= 4 is 41.9 Å². The van der Waals surface area contributed by atoms with Gasteiger partial charge >= 0.3 is 0 Å². The summed E-state index contributed by atoms with van der Waals surface area (Å²) in [6, 6.07) is 12.2. The Hall–Kier alpha value is -1.86. The second-order valence-corrected chi connectivity index (χ2v) is 4.49. The van der Waals surface area contributed by atoms with Crippen LogP contribution < -0.4 is 27.7 Å². The molecule has 0 saturated heterocycles. The van der Waals surface area contributed by atoms with Gasteiger partial charge in [-0.2, -0.15) is 0 Å². The van der Waals surface area contributed by atoms with Gasteiger partial charge in [0.05, 0.1) is 6.54 Å². The molecule has 0 amide bonds. The highest BCUT2D eigenvalue weighted by molar-refractivity contribution is 5.85. The summed E-state index contributed by atoms with van der Waals surface area (Å²) in [6.07, 6.45) is -0.950. The first-order chi connectivity index (χ1) is 9.92.